The van der Waals surface area contributed by atoms with Gasteiger partial charge in [-0.15, -0.1) is 9.35 Å². The van der Waals surface area contributed by atoms with Crippen molar-refractivity contribution in [3.05, 3.63) is 47.5 Å². The first-order valence-electron chi connectivity index (χ1n) is 9.93. The summed E-state index contributed by atoms with van der Waals surface area (Å²) >= 11 is 0. The van der Waals surface area contributed by atoms with Gasteiger partial charge in [-0.3, -0.25) is 14.4 Å². The summed E-state index contributed by atoms with van der Waals surface area (Å²) in [7, 11) is -4.39. The van der Waals surface area contributed by atoms with Gasteiger partial charge >= 0.3 is 0 Å². The number of carbonyl (C=O) groups excluding carboxylic acids is 3. The van der Waals surface area contributed by atoms with Gasteiger partial charge in [0.2, 0.25) is 0 Å². The van der Waals surface area contributed by atoms with Crippen LogP contribution >= 0.6 is 0 Å². The molecule has 0 radical (unpaired) electrons. The van der Waals surface area contributed by atoms with E-state index in [1.54, 1.807) is 24.3 Å². The summed E-state index contributed by atoms with van der Waals surface area (Å²) in [6.45, 7) is 3.83. The van der Waals surface area contributed by atoms with Gasteiger partial charge in [-0.2, -0.15) is 8.42 Å². The van der Waals surface area contributed by atoms with Crippen molar-refractivity contribution in [2.45, 2.75) is 33.1 Å². The summed E-state index contributed by atoms with van der Waals surface area (Å²) in [6.07, 6.45) is 1.61. The molecule has 1 heterocycles. The van der Waals surface area contributed by atoms with Crippen molar-refractivity contribution < 1.29 is 27.1 Å². The van der Waals surface area contributed by atoms with E-state index >= 15 is 0 Å². The van der Waals surface area contributed by atoms with Crippen LogP contribution < -0.4 is 0 Å². The molecule has 3 aliphatic rings. The molecular weight excluding hydrogens is 406 g/mol. The molecule has 2 amide bonds. The van der Waals surface area contributed by atoms with Crippen LogP contribution in [0.4, 0.5) is 0 Å². The number of amides is 2. The summed E-state index contributed by atoms with van der Waals surface area (Å²) in [5, 5.41) is 1.52. The van der Waals surface area contributed by atoms with E-state index in [1.807, 2.05) is 13.8 Å². The molecule has 7 nitrogen and oxygen atoms in total. The quantitative estimate of drug-likeness (QED) is 0.696. The lowest BCUT2D eigenvalue weighted by molar-refractivity contribution is -0.128. The zero-order valence-corrected chi connectivity index (χ0v) is 17.5. The van der Waals surface area contributed by atoms with Gasteiger partial charge in [-0.05, 0) is 41.7 Å². The molecule has 5 rings (SSSR count). The average molecular weight is 427 g/mol. The minimum Gasteiger partial charge on any atom is -0.299 e. The second-order valence-electron chi connectivity index (χ2n) is 9.06. The Morgan fingerprint density at radius 3 is 2.13 bits per heavy atom. The monoisotopic (exact) mass is 427 g/mol. The highest BCUT2D eigenvalue weighted by atomic mass is 32.2. The highest BCUT2D eigenvalue weighted by Gasteiger charge is 2.65. The van der Waals surface area contributed by atoms with Gasteiger partial charge in [0.15, 0.2) is 0 Å². The summed E-state index contributed by atoms with van der Waals surface area (Å²) < 4.78 is 31.1. The molecule has 2 saturated carbocycles. The van der Waals surface area contributed by atoms with Crippen LogP contribution in [0.2, 0.25) is 0 Å². The summed E-state index contributed by atoms with van der Waals surface area (Å²) in [4.78, 5) is 38.5. The first-order valence-corrected chi connectivity index (χ1v) is 11.5. The van der Waals surface area contributed by atoms with Crippen LogP contribution in [0.25, 0.3) is 10.8 Å². The van der Waals surface area contributed by atoms with E-state index in [4.69, 9.17) is 4.28 Å². The van der Waals surface area contributed by atoms with E-state index in [1.165, 1.54) is 12.1 Å². The van der Waals surface area contributed by atoms with E-state index < -0.39 is 38.5 Å². The minimum atomic E-state index is -4.39. The Kier molecular flexibility index (Phi) is 3.87. The topological polar surface area (TPSA) is 97.8 Å². The van der Waals surface area contributed by atoms with Crippen LogP contribution in [0.15, 0.2) is 36.4 Å². The summed E-state index contributed by atoms with van der Waals surface area (Å²) in [6, 6.07) is 9.96. The summed E-state index contributed by atoms with van der Waals surface area (Å²) in [5.41, 5.74) is -1.12. The van der Waals surface area contributed by atoms with E-state index in [0.29, 0.717) is 28.7 Å². The van der Waals surface area contributed by atoms with Crippen molar-refractivity contribution in [1.29, 1.82) is 0 Å². The Labute approximate surface area is 174 Å². The molecule has 0 N–H and O–H groups in total. The molecule has 0 aromatic heterocycles. The molecule has 8 heteroatoms. The highest BCUT2D eigenvalue weighted by Crippen LogP contribution is 2.64. The van der Waals surface area contributed by atoms with Gasteiger partial charge in [-0.25, -0.2) is 0 Å². The van der Waals surface area contributed by atoms with Crippen molar-refractivity contribution >= 4 is 38.5 Å². The largest absolute Gasteiger partial charge is 0.299 e. The van der Waals surface area contributed by atoms with Crippen LogP contribution in [0, 0.1) is 16.7 Å². The van der Waals surface area contributed by atoms with Crippen molar-refractivity contribution in [3.8, 4) is 0 Å². The first-order chi connectivity index (χ1) is 14.1. The lowest BCUT2D eigenvalue weighted by Gasteiger charge is -2.36. The number of nitrogens with zero attached hydrogens (tertiary/aromatic N) is 1. The van der Waals surface area contributed by atoms with Gasteiger partial charge in [0.1, 0.15) is 5.78 Å². The average Bonchev–Trinajstić information content (AvgIpc) is 3.03. The van der Waals surface area contributed by atoms with Gasteiger partial charge in [0, 0.05) is 11.8 Å². The number of hydrogen-bond donors (Lipinski definition) is 0. The van der Waals surface area contributed by atoms with Crippen LogP contribution in [-0.2, 0) is 19.2 Å². The van der Waals surface area contributed by atoms with E-state index in [2.05, 4.69) is 0 Å². The lowest BCUT2D eigenvalue weighted by atomic mass is 9.70. The maximum atomic E-state index is 13.0. The number of hydroxylamine groups is 2. The highest BCUT2D eigenvalue weighted by molar-refractivity contribution is 7.86. The van der Waals surface area contributed by atoms with Crippen molar-refractivity contribution in [1.82, 2.24) is 5.06 Å². The number of imide groups is 1. The maximum absolute atomic E-state index is 13.0. The van der Waals surface area contributed by atoms with Crippen LogP contribution in [0.5, 0.6) is 0 Å². The number of fused-ring (bicyclic) bond motifs is 2. The number of carbonyl (C=O) groups is 3. The number of Topliss-reactive ketones (excluding diaryl/α,β-unsaturated/α-hetero) is 1. The number of ketones is 1. The van der Waals surface area contributed by atoms with Crippen molar-refractivity contribution in [3.63, 3.8) is 0 Å². The third kappa shape index (κ3) is 2.40. The maximum Gasteiger partial charge on any atom is 0.289 e. The molecule has 2 atom stereocenters. The Bertz CT molecular complexity index is 1200. The number of hydrogen-bond acceptors (Lipinski definition) is 6. The van der Waals surface area contributed by atoms with E-state index in [9.17, 15) is 22.8 Å². The molecular formula is C22H21NO6S. The van der Waals surface area contributed by atoms with E-state index in [0.717, 1.165) is 6.42 Å². The Morgan fingerprint density at radius 1 is 1.03 bits per heavy atom. The molecule has 2 unspecified atom stereocenters. The molecule has 0 spiro atoms. The predicted molar refractivity (Wildman–Crippen MR) is 108 cm³/mol. The Balaban J connectivity index is 1.50. The van der Waals surface area contributed by atoms with Crippen LogP contribution in [0.3, 0.4) is 0 Å². The normalized spacial score (nSPS) is 27.3. The lowest BCUT2D eigenvalue weighted by Crippen LogP contribution is -2.46. The second kappa shape index (κ2) is 5.98. The fourth-order valence-electron chi connectivity index (χ4n) is 5.63. The standard InChI is InChI=1S/C22H21NO6S/c1-21(2)14-9-10-22(21,17(24)11-14)12-30(27,28)29-23-19(25)15-7-3-5-13-6-4-8-16(18(13)15)20(23)26/h3-8,14H,9-12H2,1-2H3. The smallest absolute Gasteiger partial charge is 0.289 e. The van der Waals surface area contributed by atoms with Gasteiger partial charge < -0.3 is 0 Å². The molecule has 2 aliphatic carbocycles. The molecule has 30 heavy (non-hydrogen) atoms. The molecule has 2 bridgehead atoms. The molecule has 156 valence electrons. The Hall–Kier alpha value is -2.58. The third-order valence-corrected chi connectivity index (χ3v) is 8.71. The third-order valence-electron chi connectivity index (χ3n) is 7.48. The fourth-order valence-corrected chi connectivity index (χ4v) is 7.32. The minimum absolute atomic E-state index is 0.0812. The van der Waals surface area contributed by atoms with Crippen molar-refractivity contribution in [2.24, 2.45) is 16.7 Å². The summed E-state index contributed by atoms with van der Waals surface area (Å²) in [5.74, 6) is -2.13. The number of benzene rings is 2. The molecule has 0 saturated heterocycles. The fraction of sp³-hybridized carbons (Fsp3) is 0.409. The zero-order valence-electron chi connectivity index (χ0n) is 16.7. The van der Waals surface area contributed by atoms with Gasteiger partial charge in [0.25, 0.3) is 21.9 Å². The van der Waals surface area contributed by atoms with Crippen LogP contribution in [-0.4, -0.2) is 36.8 Å². The Morgan fingerprint density at radius 2 is 1.63 bits per heavy atom. The van der Waals surface area contributed by atoms with Crippen LogP contribution in [0.1, 0.15) is 53.8 Å². The SMILES string of the molecule is CC1(C)C2CCC1(CS(=O)(=O)ON1C(=O)c3cccc4cccc(c34)C1=O)C(=O)C2. The molecule has 2 fully saturated rings. The molecule has 2 aromatic rings. The van der Waals surface area contributed by atoms with E-state index in [-0.39, 0.29) is 22.8 Å². The van der Waals surface area contributed by atoms with Gasteiger partial charge in [0.05, 0.1) is 22.3 Å². The second-order valence-corrected chi connectivity index (χ2v) is 10.6. The first kappa shape index (κ1) is 19.4. The number of rotatable bonds is 4. The molecule has 1 aliphatic heterocycles. The van der Waals surface area contributed by atoms with Crippen molar-refractivity contribution in [2.75, 3.05) is 5.75 Å². The predicted octanol–water partition coefficient (Wildman–Crippen LogP) is 3.09. The molecule has 2 aromatic carbocycles. The zero-order chi connectivity index (χ0) is 21.5. The van der Waals surface area contributed by atoms with Gasteiger partial charge in [-0.1, -0.05) is 38.1 Å².